The zero-order valence-corrected chi connectivity index (χ0v) is 16.8. The number of pyridine rings is 1. The summed E-state index contributed by atoms with van der Waals surface area (Å²) in [6.07, 6.45) is 3.19. The van der Waals surface area contributed by atoms with Gasteiger partial charge in [-0.05, 0) is 17.7 Å². The Labute approximate surface area is 165 Å². The van der Waals surface area contributed by atoms with Crippen LogP contribution in [-0.4, -0.2) is 48.9 Å². The molecule has 0 unspecified atom stereocenters. The smallest absolute Gasteiger partial charge is 0.252 e. The van der Waals surface area contributed by atoms with E-state index in [1.165, 1.54) is 5.56 Å². The van der Waals surface area contributed by atoms with Crippen LogP contribution in [0.5, 0.6) is 0 Å². The van der Waals surface area contributed by atoms with E-state index in [0.29, 0.717) is 18.7 Å². The van der Waals surface area contributed by atoms with Crippen molar-refractivity contribution in [3.05, 3.63) is 66.0 Å². The number of carbonyl (C=O) groups excluding carboxylic acids is 1. The number of rotatable bonds is 6. The van der Waals surface area contributed by atoms with E-state index in [1.807, 2.05) is 30.1 Å². The Morgan fingerprint density at radius 2 is 1.84 bits per heavy atom. The molecule has 2 rings (SSSR count). The molecule has 1 aromatic carbocycles. The fraction of sp³-hybridized carbons (Fsp3) is 0.278. The highest BCUT2D eigenvalue weighted by Crippen LogP contribution is 2.02. The molecule has 0 aliphatic heterocycles. The van der Waals surface area contributed by atoms with Gasteiger partial charge in [0.15, 0.2) is 5.96 Å². The monoisotopic (exact) mass is 453 g/mol. The quantitative estimate of drug-likeness (QED) is 0.305. The van der Waals surface area contributed by atoms with Gasteiger partial charge in [0.2, 0.25) is 0 Å². The summed E-state index contributed by atoms with van der Waals surface area (Å²) in [5.41, 5.74) is 1.77. The Morgan fingerprint density at radius 3 is 2.48 bits per heavy atom. The molecule has 0 radical (unpaired) electrons. The van der Waals surface area contributed by atoms with E-state index in [4.69, 9.17) is 0 Å². The van der Waals surface area contributed by atoms with Crippen molar-refractivity contribution in [1.29, 1.82) is 0 Å². The topological polar surface area (TPSA) is 69.6 Å². The predicted molar refractivity (Wildman–Crippen MR) is 111 cm³/mol. The van der Waals surface area contributed by atoms with Gasteiger partial charge < -0.3 is 15.5 Å². The summed E-state index contributed by atoms with van der Waals surface area (Å²) in [5, 5.41) is 6.09. The Balaban J connectivity index is 0.00000312. The minimum absolute atomic E-state index is 0. The van der Waals surface area contributed by atoms with Gasteiger partial charge in [-0.2, -0.15) is 0 Å². The van der Waals surface area contributed by atoms with Crippen LogP contribution in [0.15, 0.2) is 59.9 Å². The maximum atomic E-state index is 11.9. The van der Waals surface area contributed by atoms with E-state index in [0.717, 1.165) is 12.5 Å². The minimum atomic E-state index is -0.127. The predicted octanol–water partition coefficient (Wildman–Crippen LogP) is 2.14. The van der Waals surface area contributed by atoms with E-state index in [1.54, 1.807) is 31.6 Å². The van der Waals surface area contributed by atoms with Crippen molar-refractivity contribution in [2.75, 3.05) is 27.2 Å². The number of nitrogens with zero attached hydrogens (tertiary/aromatic N) is 3. The molecular formula is C18H24IN5O. The molecular weight excluding hydrogens is 429 g/mol. The highest BCUT2D eigenvalue weighted by atomic mass is 127. The highest BCUT2D eigenvalue weighted by Gasteiger charge is 2.07. The molecule has 7 heteroatoms. The Bertz CT molecular complexity index is 664. The van der Waals surface area contributed by atoms with Gasteiger partial charge in [0, 0.05) is 46.1 Å². The molecule has 0 saturated carbocycles. The van der Waals surface area contributed by atoms with Gasteiger partial charge in [-0.1, -0.05) is 30.3 Å². The van der Waals surface area contributed by atoms with Crippen molar-refractivity contribution in [3.63, 3.8) is 0 Å². The normalized spacial score (nSPS) is 10.6. The first-order valence-electron chi connectivity index (χ1n) is 7.84. The van der Waals surface area contributed by atoms with Crippen molar-refractivity contribution in [2.45, 2.75) is 6.54 Å². The van der Waals surface area contributed by atoms with Gasteiger partial charge >= 0.3 is 0 Å². The molecule has 0 atom stereocenters. The van der Waals surface area contributed by atoms with Crippen molar-refractivity contribution in [3.8, 4) is 0 Å². The Morgan fingerprint density at radius 1 is 1.12 bits per heavy atom. The number of hydrogen-bond acceptors (Lipinski definition) is 3. The molecule has 0 aliphatic carbocycles. The lowest BCUT2D eigenvalue weighted by atomic mass is 10.2. The van der Waals surface area contributed by atoms with Crippen LogP contribution in [0.25, 0.3) is 0 Å². The molecule has 1 amide bonds. The van der Waals surface area contributed by atoms with E-state index in [2.05, 4.69) is 32.7 Å². The molecule has 1 aromatic heterocycles. The summed E-state index contributed by atoms with van der Waals surface area (Å²) in [7, 11) is 3.73. The number of aliphatic imine (C=N–C) groups is 1. The van der Waals surface area contributed by atoms with Gasteiger partial charge in [0.1, 0.15) is 0 Å². The number of guanidine groups is 1. The fourth-order valence-corrected chi connectivity index (χ4v) is 2.27. The van der Waals surface area contributed by atoms with Crippen molar-refractivity contribution in [2.24, 2.45) is 4.99 Å². The lowest BCUT2D eigenvalue weighted by molar-refractivity contribution is 0.0954. The lowest BCUT2D eigenvalue weighted by Crippen LogP contribution is -2.42. The van der Waals surface area contributed by atoms with Crippen LogP contribution >= 0.6 is 24.0 Å². The maximum Gasteiger partial charge on any atom is 0.252 e. The largest absolute Gasteiger partial charge is 0.354 e. The molecule has 0 aliphatic rings. The standard InChI is InChI=1S/C18H23N5O.HI/c1-19-18(23(2)14-15-7-4-3-5-8-15)22-12-11-21-17(24)16-9-6-10-20-13-16;/h3-10,13H,11-12,14H2,1-2H3,(H,19,22)(H,21,24);1H. The second-order valence-electron chi connectivity index (χ2n) is 5.31. The zero-order chi connectivity index (χ0) is 17.2. The van der Waals surface area contributed by atoms with Crippen LogP contribution in [0.4, 0.5) is 0 Å². The number of halogens is 1. The number of nitrogens with one attached hydrogen (secondary N) is 2. The van der Waals surface area contributed by atoms with Gasteiger partial charge in [-0.3, -0.25) is 14.8 Å². The first-order valence-corrected chi connectivity index (χ1v) is 7.84. The number of hydrogen-bond donors (Lipinski definition) is 2. The van der Waals surface area contributed by atoms with Crippen LogP contribution in [0.1, 0.15) is 15.9 Å². The number of benzene rings is 1. The van der Waals surface area contributed by atoms with E-state index in [-0.39, 0.29) is 29.9 Å². The first kappa shape index (κ1) is 20.9. The molecule has 134 valence electrons. The highest BCUT2D eigenvalue weighted by molar-refractivity contribution is 14.0. The summed E-state index contributed by atoms with van der Waals surface area (Å²) in [6.45, 7) is 1.87. The molecule has 0 bridgehead atoms. The third-order valence-corrected chi connectivity index (χ3v) is 3.45. The molecule has 0 saturated heterocycles. The van der Waals surface area contributed by atoms with Crippen molar-refractivity contribution < 1.29 is 4.79 Å². The number of carbonyl (C=O) groups is 1. The van der Waals surface area contributed by atoms with Crippen molar-refractivity contribution >= 4 is 35.8 Å². The molecule has 25 heavy (non-hydrogen) atoms. The Kier molecular flexibility index (Phi) is 9.53. The van der Waals surface area contributed by atoms with Gasteiger partial charge in [-0.15, -0.1) is 24.0 Å². The number of aromatic nitrogens is 1. The fourth-order valence-electron chi connectivity index (χ4n) is 2.27. The SMILES string of the molecule is CN=C(NCCNC(=O)c1cccnc1)N(C)Cc1ccccc1.I. The summed E-state index contributed by atoms with van der Waals surface area (Å²) >= 11 is 0. The molecule has 0 fully saturated rings. The average Bonchev–Trinajstić information content (AvgIpc) is 2.63. The maximum absolute atomic E-state index is 11.9. The van der Waals surface area contributed by atoms with Crippen LogP contribution in [0.3, 0.4) is 0 Å². The van der Waals surface area contributed by atoms with Crippen LogP contribution in [-0.2, 0) is 6.54 Å². The summed E-state index contributed by atoms with van der Waals surface area (Å²) in [5.74, 6) is 0.659. The zero-order valence-electron chi connectivity index (χ0n) is 14.5. The van der Waals surface area contributed by atoms with Crippen LogP contribution in [0, 0.1) is 0 Å². The molecule has 2 N–H and O–H groups in total. The molecule has 0 spiro atoms. The lowest BCUT2D eigenvalue weighted by Gasteiger charge is -2.22. The van der Waals surface area contributed by atoms with Gasteiger partial charge in [-0.25, -0.2) is 0 Å². The van der Waals surface area contributed by atoms with Gasteiger partial charge in [0.25, 0.3) is 5.91 Å². The minimum Gasteiger partial charge on any atom is -0.354 e. The first-order chi connectivity index (χ1) is 11.7. The third kappa shape index (κ3) is 7.08. The third-order valence-electron chi connectivity index (χ3n) is 3.45. The summed E-state index contributed by atoms with van der Waals surface area (Å²) in [4.78, 5) is 22.2. The van der Waals surface area contributed by atoms with E-state index < -0.39 is 0 Å². The molecule has 1 heterocycles. The number of amides is 1. The van der Waals surface area contributed by atoms with E-state index >= 15 is 0 Å². The van der Waals surface area contributed by atoms with Crippen LogP contribution in [0.2, 0.25) is 0 Å². The second kappa shape index (κ2) is 11.4. The van der Waals surface area contributed by atoms with Gasteiger partial charge in [0.05, 0.1) is 5.56 Å². The van der Waals surface area contributed by atoms with E-state index in [9.17, 15) is 4.79 Å². The molecule has 6 nitrogen and oxygen atoms in total. The van der Waals surface area contributed by atoms with Crippen molar-refractivity contribution in [1.82, 2.24) is 20.5 Å². The van der Waals surface area contributed by atoms with Crippen LogP contribution < -0.4 is 10.6 Å². The Hall–Kier alpha value is -2.16. The average molecular weight is 453 g/mol. The summed E-state index contributed by atoms with van der Waals surface area (Å²) in [6, 6.07) is 13.7. The molecule has 2 aromatic rings. The second-order valence-corrected chi connectivity index (χ2v) is 5.31. The summed E-state index contributed by atoms with van der Waals surface area (Å²) < 4.78 is 0.